The lowest BCUT2D eigenvalue weighted by Gasteiger charge is -2.16. The molecule has 0 aliphatic rings. The number of aromatic nitrogens is 4. The Labute approximate surface area is 220 Å². The molecule has 0 radical (unpaired) electrons. The number of imidazole rings is 1. The number of pyridine rings is 2. The van der Waals surface area contributed by atoms with Gasteiger partial charge in [-0.25, -0.2) is 4.79 Å². The van der Waals surface area contributed by atoms with Crippen LogP contribution in [-0.2, 0) is 17.2 Å². The van der Waals surface area contributed by atoms with Gasteiger partial charge in [-0.1, -0.05) is 18.2 Å². The molecule has 0 aliphatic carbocycles. The van der Waals surface area contributed by atoms with E-state index < -0.39 is 5.41 Å². The first kappa shape index (κ1) is 25.2. The van der Waals surface area contributed by atoms with Gasteiger partial charge < -0.3 is 9.47 Å². The van der Waals surface area contributed by atoms with Crippen LogP contribution in [0.1, 0.15) is 25.1 Å². The Hall–Kier alpha value is -4.48. The minimum atomic E-state index is -0.623. The molecule has 0 atom stereocenters. The number of rotatable bonds is 7. The number of hydrogen-bond donors (Lipinski definition) is 0. The first-order valence-corrected chi connectivity index (χ1v) is 12.4. The number of hydrogen-bond acceptors (Lipinski definition) is 6. The maximum absolute atomic E-state index is 13.4. The number of fused-ring (bicyclic) bond motifs is 3. The fraction of sp³-hybridized carbons (Fsp3) is 0.267. The van der Waals surface area contributed by atoms with Gasteiger partial charge in [0.15, 0.2) is 0 Å². The molecule has 0 N–H and O–H groups in total. The fourth-order valence-electron chi connectivity index (χ4n) is 4.56. The SMILES string of the molecule is COCCOc1cc(-c2ccc3ncc4c(c3c2)n(-c2ccc(C(C)(C)C#N)cc2)c(=O)n4C)cnc1C. The monoisotopic (exact) mass is 507 g/mol. The molecule has 5 rings (SSSR count). The zero-order valence-electron chi connectivity index (χ0n) is 22.1. The van der Waals surface area contributed by atoms with Crippen LogP contribution in [0.2, 0.25) is 0 Å². The van der Waals surface area contributed by atoms with Crippen LogP contribution in [0.15, 0.2) is 65.7 Å². The number of nitrogens with zero attached hydrogens (tertiary/aromatic N) is 5. The predicted octanol–water partition coefficient (Wildman–Crippen LogP) is 5.07. The Balaban J connectivity index is 1.68. The Morgan fingerprint density at radius 2 is 1.76 bits per heavy atom. The highest BCUT2D eigenvalue weighted by Gasteiger charge is 2.21. The van der Waals surface area contributed by atoms with Crippen LogP contribution >= 0.6 is 0 Å². The molecule has 3 aromatic heterocycles. The molecule has 0 amide bonds. The summed E-state index contributed by atoms with van der Waals surface area (Å²) < 4.78 is 14.3. The first-order valence-electron chi connectivity index (χ1n) is 12.4. The van der Waals surface area contributed by atoms with E-state index in [1.807, 2.05) is 75.5 Å². The topological polar surface area (TPSA) is 95.0 Å². The third-order valence-electron chi connectivity index (χ3n) is 6.93. The highest BCUT2D eigenvalue weighted by Crippen LogP contribution is 2.32. The number of methoxy groups -OCH3 is 1. The first-order chi connectivity index (χ1) is 18.2. The van der Waals surface area contributed by atoms with Crippen molar-refractivity contribution in [3.63, 3.8) is 0 Å². The number of aryl methyl sites for hydroxylation is 2. The van der Waals surface area contributed by atoms with Crippen molar-refractivity contribution in [2.24, 2.45) is 7.05 Å². The summed E-state index contributed by atoms with van der Waals surface area (Å²) >= 11 is 0. The summed E-state index contributed by atoms with van der Waals surface area (Å²) in [5, 5.41) is 10.4. The second-order valence-corrected chi connectivity index (χ2v) is 9.83. The maximum atomic E-state index is 13.4. The summed E-state index contributed by atoms with van der Waals surface area (Å²) in [5.74, 6) is 0.702. The average molecular weight is 508 g/mol. The Bertz CT molecular complexity index is 1760. The van der Waals surface area contributed by atoms with E-state index in [2.05, 4.69) is 16.0 Å². The molecule has 38 heavy (non-hydrogen) atoms. The minimum absolute atomic E-state index is 0.169. The maximum Gasteiger partial charge on any atom is 0.333 e. The molecule has 8 nitrogen and oxygen atoms in total. The molecule has 3 heterocycles. The molecule has 0 aliphatic heterocycles. The smallest absolute Gasteiger partial charge is 0.333 e. The van der Waals surface area contributed by atoms with E-state index in [1.165, 1.54) is 0 Å². The molecule has 8 heteroatoms. The van der Waals surface area contributed by atoms with E-state index in [1.54, 1.807) is 29.5 Å². The van der Waals surface area contributed by atoms with E-state index in [0.717, 1.165) is 50.0 Å². The van der Waals surface area contributed by atoms with Crippen LogP contribution in [0.4, 0.5) is 0 Å². The lowest BCUT2D eigenvalue weighted by molar-refractivity contribution is 0.145. The van der Waals surface area contributed by atoms with E-state index in [-0.39, 0.29) is 5.69 Å². The van der Waals surface area contributed by atoms with Crippen molar-refractivity contribution in [1.82, 2.24) is 19.1 Å². The molecule has 2 aromatic carbocycles. The zero-order chi connectivity index (χ0) is 27.0. The second-order valence-electron chi connectivity index (χ2n) is 9.83. The lowest BCUT2D eigenvalue weighted by atomic mass is 9.86. The van der Waals surface area contributed by atoms with Gasteiger partial charge in [0.2, 0.25) is 0 Å². The van der Waals surface area contributed by atoms with Gasteiger partial charge >= 0.3 is 5.69 Å². The minimum Gasteiger partial charge on any atom is -0.489 e. The quantitative estimate of drug-likeness (QED) is 0.285. The van der Waals surface area contributed by atoms with Gasteiger partial charge in [0.05, 0.1) is 52.2 Å². The van der Waals surface area contributed by atoms with Gasteiger partial charge in [-0.15, -0.1) is 0 Å². The van der Waals surface area contributed by atoms with Gasteiger partial charge in [0.1, 0.15) is 12.4 Å². The highest BCUT2D eigenvalue weighted by atomic mass is 16.5. The summed E-state index contributed by atoms with van der Waals surface area (Å²) in [6.45, 7) is 6.59. The zero-order valence-corrected chi connectivity index (χ0v) is 22.1. The number of nitriles is 1. The van der Waals surface area contributed by atoms with Gasteiger partial charge in [0.25, 0.3) is 0 Å². The van der Waals surface area contributed by atoms with Crippen molar-refractivity contribution in [2.45, 2.75) is 26.2 Å². The summed E-state index contributed by atoms with van der Waals surface area (Å²) in [4.78, 5) is 22.6. The molecule has 0 fully saturated rings. The molecular weight excluding hydrogens is 478 g/mol. The lowest BCUT2D eigenvalue weighted by Crippen LogP contribution is -2.21. The Kier molecular flexibility index (Phi) is 6.47. The molecule has 0 saturated carbocycles. The van der Waals surface area contributed by atoms with Crippen LogP contribution in [0.5, 0.6) is 5.75 Å². The average Bonchev–Trinajstić information content (AvgIpc) is 3.19. The molecule has 192 valence electrons. The van der Waals surface area contributed by atoms with Crippen molar-refractivity contribution in [3.05, 3.63) is 82.7 Å². The van der Waals surface area contributed by atoms with Crippen LogP contribution < -0.4 is 10.4 Å². The van der Waals surface area contributed by atoms with Crippen molar-refractivity contribution in [1.29, 1.82) is 5.26 Å². The third kappa shape index (κ3) is 4.31. The summed E-state index contributed by atoms with van der Waals surface area (Å²) in [7, 11) is 3.39. The van der Waals surface area contributed by atoms with E-state index in [4.69, 9.17) is 9.47 Å². The van der Waals surface area contributed by atoms with Gasteiger partial charge in [0, 0.05) is 31.3 Å². The fourth-order valence-corrected chi connectivity index (χ4v) is 4.56. The van der Waals surface area contributed by atoms with Crippen LogP contribution in [0, 0.1) is 18.3 Å². The van der Waals surface area contributed by atoms with E-state index >= 15 is 0 Å². The molecule has 0 saturated heterocycles. The summed E-state index contributed by atoms with van der Waals surface area (Å²) in [6.07, 6.45) is 3.55. The van der Waals surface area contributed by atoms with Gasteiger partial charge in [-0.05, 0) is 62.2 Å². The Morgan fingerprint density at radius 1 is 1.00 bits per heavy atom. The molecule has 0 unspecified atom stereocenters. The summed E-state index contributed by atoms with van der Waals surface area (Å²) in [5.41, 5.74) is 5.73. The highest BCUT2D eigenvalue weighted by molar-refractivity contribution is 6.04. The molecule has 0 spiro atoms. The van der Waals surface area contributed by atoms with Crippen molar-refractivity contribution >= 4 is 21.9 Å². The van der Waals surface area contributed by atoms with Crippen LogP contribution in [-0.4, -0.2) is 39.4 Å². The molecular formula is C30H29N5O3. The van der Waals surface area contributed by atoms with Crippen molar-refractivity contribution in [2.75, 3.05) is 20.3 Å². The second kappa shape index (κ2) is 9.77. The van der Waals surface area contributed by atoms with Crippen LogP contribution in [0.3, 0.4) is 0 Å². The Morgan fingerprint density at radius 3 is 2.47 bits per heavy atom. The van der Waals surface area contributed by atoms with Gasteiger partial charge in [-0.3, -0.25) is 19.1 Å². The number of ether oxygens (including phenoxy) is 2. The number of benzene rings is 2. The van der Waals surface area contributed by atoms with E-state index in [0.29, 0.717) is 19.0 Å². The van der Waals surface area contributed by atoms with Crippen molar-refractivity contribution in [3.8, 4) is 28.6 Å². The van der Waals surface area contributed by atoms with Crippen molar-refractivity contribution < 1.29 is 9.47 Å². The molecule has 5 aromatic rings. The predicted molar refractivity (Wildman–Crippen MR) is 148 cm³/mol. The largest absolute Gasteiger partial charge is 0.489 e. The summed E-state index contributed by atoms with van der Waals surface area (Å²) in [6, 6.07) is 17.9. The van der Waals surface area contributed by atoms with Crippen LogP contribution in [0.25, 0.3) is 38.8 Å². The van der Waals surface area contributed by atoms with Gasteiger partial charge in [-0.2, -0.15) is 5.26 Å². The van der Waals surface area contributed by atoms with E-state index in [9.17, 15) is 10.1 Å². The normalized spacial score (nSPS) is 11.7. The third-order valence-corrected chi connectivity index (χ3v) is 6.93. The molecule has 0 bridgehead atoms. The standard InChI is InChI=1S/C30H29N5O3/c1-19-27(38-13-12-37-5)15-21(16-32-19)20-6-11-25-24(14-20)28-26(17-33-25)34(4)29(36)35(28)23-9-7-22(8-10-23)30(2,3)18-31/h6-11,14-17H,12-13H2,1-5H3.